The van der Waals surface area contributed by atoms with Gasteiger partial charge in [0.05, 0.1) is 18.2 Å². The minimum atomic E-state index is -4.39. The predicted octanol–water partition coefficient (Wildman–Crippen LogP) is 4.83. The van der Waals surface area contributed by atoms with Crippen molar-refractivity contribution in [1.82, 2.24) is 9.80 Å². The van der Waals surface area contributed by atoms with Crippen molar-refractivity contribution in [2.24, 2.45) is 0 Å². The fraction of sp³-hybridized carbons (Fsp3) is 0.462. The van der Waals surface area contributed by atoms with Crippen LogP contribution in [0.1, 0.15) is 36.5 Å². The minimum absolute atomic E-state index is 0.0849. The number of carbonyl (C=O) groups excluding carboxylic acids is 1. The summed E-state index contributed by atoms with van der Waals surface area (Å²) in [5.74, 6) is -0.361. The van der Waals surface area contributed by atoms with Crippen LogP contribution in [0.15, 0.2) is 48.5 Å². The van der Waals surface area contributed by atoms with E-state index in [1.165, 1.54) is 12.1 Å². The smallest absolute Gasteiger partial charge is 0.416 e. The van der Waals surface area contributed by atoms with E-state index in [1.54, 1.807) is 41.1 Å². The topological polar surface area (TPSA) is 79.3 Å². The lowest BCUT2D eigenvalue weighted by molar-refractivity contribution is -0.150. The van der Waals surface area contributed by atoms with Crippen LogP contribution >= 0.6 is 0 Å². The molecule has 0 radical (unpaired) electrons. The molecular formula is C26H31F3N2O5. The van der Waals surface area contributed by atoms with E-state index >= 15 is 0 Å². The van der Waals surface area contributed by atoms with E-state index in [1.807, 2.05) is 6.92 Å². The first-order valence-electron chi connectivity index (χ1n) is 11.8. The number of urea groups is 1. The molecule has 0 spiro atoms. The number of hydrogen-bond donors (Lipinski definition) is 1. The highest BCUT2D eigenvalue weighted by Gasteiger charge is 2.34. The van der Waals surface area contributed by atoms with Gasteiger partial charge in [-0.25, -0.2) is 9.59 Å². The van der Waals surface area contributed by atoms with E-state index in [2.05, 4.69) is 0 Å². The summed E-state index contributed by atoms with van der Waals surface area (Å²) in [6.45, 7) is 3.36. The van der Waals surface area contributed by atoms with Crippen LogP contribution in [0.5, 0.6) is 5.75 Å². The van der Waals surface area contributed by atoms with Crippen molar-refractivity contribution in [1.29, 1.82) is 0 Å². The molecule has 1 saturated heterocycles. The van der Waals surface area contributed by atoms with Crippen molar-refractivity contribution < 1.29 is 37.3 Å². The standard InChI is InChI=1S/C26H31F3N2O5/c1-3-13-36-23(24(32)33)15-18-6-10-22(11-7-18)35-14-12-21-17-31(25(34)30(21)2)16-19-4-8-20(9-5-19)26(27,28)29/h4-11,21,23H,3,12-17H2,1-2H3,(H,32,33)/t21-,23-/m0/s1. The largest absolute Gasteiger partial charge is 0.494 e. The van der Waals surface area contributed by atoms with E-state index in [9.17, 15) is 27.9 Å². The van der Waals surface area contributed by atoms with Gasteiger partial charge in [-0.1, -0.05) is 31.2 Å². The molecule has 1 aliphatic heterocycles. The number of alkyl halides is 3. The average Bonchev–Trinajstić information content (AvgIpc) is 3.10. The second kappa shape index (κ2) is 12.1. The van der Waals surface area contributed by atoms with Gasteiger partial charge >= 0.3 is 18.2 Å². The Balaban J connectivity index is 1.47. The van der Waals surface area contributed by atoms with E-state index in [0.717, 1.165) is 24.1 Å². The van der Waals surface area contributed by atoms with E-state index in [0.29, 0.717) is 37.5 Å². The Morgan fingerprint density at radius 1 is 1.08 bits per heavy atom. The van der Waals surface area contributed by atoms with E-state index < -0.39 is 23.8 Å². The lowest BCUT2D eigenvalue weighted by atomic mass is 10.1. The summed E-state index contributed by atoms with van der Waals surface area (Å²) in [6, 6.07) is 11.7. The Morgan fingerprint density at radius 3 is 2.31 bits per heavy atom. The molecule has 1 heterocycles. The number of carbonyl (C=O) groups is 2. The van der Waals surface area contributed by atoms with Gasteiger partial charge in [-0.05, 0) is 41.8 Å². The van der Waals surface area contributed by atoms with Crippen molar-refractivity contribution in [2.45, 2.75) is 51.1 Å². The molecule has 0 saturated carbocycles. The number of carboxylic acids is 1. The van der Waals surface area contributed by atoms with Gasteiger partial charge in [-0.3, -0.25) is 0 Å². The van der Waals surface area contributed by atoms with Crippen LogP contribution in [0.3, 0.4) is 0 Å². The van der Waals surface area contributed by atoms with Gasteiger partial charge in [0.25, 0.3) is 0 Å². The van der Waals surface area contributed by atoms with Crippen LogP contribution < -0.4 is 4.74 Å². The van der Waals surface area contributed by atoms with Crippen molar-refractivity contribution in [3.63, 3.8) is 0 Å². The quantitative estimate of drug-likeness (QED) is 0.444. The van der Waals surface area contributed by atoms with Crippen LogP contribution in [0, 0.1) is 0 Å². The molecule has 1 N–H and O–H groups in total. The predicted molar refractivity (Wildman–Crippen MR) is 127 cm³/mol. The minimum Gasteiger partial charge on any atom is -0.494 e. The number of nitrogens with zero attached hydrogens (tertiary/aromatic N) is 2. The molecule has 196 valence electrons. The number of benzene rings is 2. The molecule has 0 bridgehead atoms. The van der Waals surface area contributed by atoms with Gasteiger partial charge in [0.2, 0.25) is 0 Å². The number of hydrogen-bond acceptors (Lipinski definition) is 4. The third-order valence-corrected chi connectivity index (χ3v) is 6.07. The van der Waals surface area contributed by atoms with Crippen LogP contribution in [0.2, 0.25) is 0 Å². The molecule has 36 heavy (non-hydrogen) atoms. The number of aliphatic carboxylic acids is 1. The average molecular weight is 509 g/mol. The summed E-state index contributed by atoms with van der Waals surface area (Å²) in [6.07, 6.45) is -3.70. The van der Waals surface area contributed by atoms with Crippen molar-refractivity contribution in [3.8, 4) is 5.75 Å². The molecule has 2 atom stereocenters. The molecule has 0 aliphatic carbocycles. The summed E-state index contributed by atoms with van der Waals surface area (Å²) in [7, 11) is 1.70. The zero-order chi connectivity index (χ0) is 26.3. The Morgan fingerprint density at radius 2 is 1.72 bits per heavy atom. The van der Waals surface area contributed by atoms with Gasteiger partial charge in [0, 0.05) is 39.6 Å². The van der Waals surface area contributed by atoms with Crippen molar-refractivity contribution >= 4 is 12.0 Å². The van der Waals surface area contributed by atoms with Gasteiger partial charge < -0.3 is 24.4 Å². The molecule has 0 unspecified atom stereocenters. The Kier molecular flexibility index (Phi) is 9.19. The zero-order valence-corrected chi connectivity index (χ0v) is 20.3. The summed E-state index contributed by atoms with van der Waals surface area (Å²) in [5, 5.41) is 9.30. The molecule has 1 aliphatic rings. The maximum atomic E-state index is 12.8. The summed E-state index contributed by atoms with van der Waals surface area (Å²) in [4.78, 5) is 27.2. The van der Waals surface area contributed by atoms with Gasteiger partial charge in [0.15, 0.2) is 6.10 Å². The molecule has 1 fully saturated rings. The Hall–Kier alpha value is -3.27. The second-order valence-corrected chi connectivity index (χ2v) is 8.81. The number of amides is 2. The van der Waals surface area contributed by atoms with Crippen molar-refractivity contribution in [3.05, 3.63) is 65.2 Å². The molecule has 2 aromatic carbocycles. The first-order chi connectivity index (χ1) is 17.1. The first-order valence-corrected chi connectivity index (χ1v) is 11.8. The van der Waals surface area contributed by atoms with Crippen LogP contribution in [0.4, 0.5) is 18.0 Å². The number of rotatable bonds is 12. The first kappa shape index (κ1) is 27.3. The number of ether oxygens (including phenoxy) is 2. The maximum Gasteiger partial charge on any atom is 0.416 e. The zero-order valence-electron chi connectivity index (χ0n) is 20.3. The lowest BCUT2D eigenvalue weighted by Crippen LogP contribution is -2.31. The molecule has 2 amide bonds. The third-order valence-electron chi connectivity index (χ3n) is 6.07. The third kappa shape index (κ3) is 7.36. The summed E-state index contributed by atoms with van der Waals surface area (Å²) < 4.78 is 49.5. The monoisotopic (exact) mass is 508 g/mol. The van der Waals surface area contributed by atoms with Gasteiger partial charge in [0.1, 0.15) is 5.75 Å². The number of likely N-dealkylation sites (N-methyl/N-ethyl adjacent to an activating group) is 1. The lowest BCUT2D eigenvalue weighted by Gasteiger charge is -2.18. The SMILES string of the molecule is CCCO[C@@H](Cc1ccc(OCC[C@H]2CN(Cc3ccc(C(F)(F)F)cc3)C(=O)N2C)cc1)C(=O)O. The molecule has 10 heteroatoms. The molecule has 3 rings (SSSR count). The fourth-order valence-electron chi connectivity index (χ4n) is 4.00. The highest BCUT2D eigenvalue weighted by Crippen LogP contribution is 2.29. The highest BCUT2D eigenvalue weighted by atomic mass is 19.4. The maximum absolute atomic E-state index is 12.8. The number of halogens is 3. The fourth-order valence-corrected chi connectivity index (χ4v) is 4.00. The van der Waals surface area contributed by atoms with Gasteiger partial charge in [-0.15, -0.1) is 0 Å². The second-order valence-electron chi connectivity index (χ2n) is 8.81. The summed E-state index contributed by atoms with van der Waals surface area (Å²) in [5.41, 5.74) is 0.739. The van der Waals surface area contributed by atoms with Crippen LogP contribution in [-0.4, -0.2) is 65.9 Å². The Bertz CT molecular complexity index is 1010. The molecule has 7 nitrogen and oxygen atoms in total. The normalized spacial score (nSPS) is 16.9. The summed E-state index contributed by atoms with van der Waals surface area (Å²) >= 11 is 0. The van der Waals surface area contributed by atoms with Crippen molar-refractivity contribution in [2.75, 3.05) is 26.8 Å². The molecule has 2 aromatic rings. The van der Waals surface area contributed by atoms with E-state index in [4.69, 9.17) is 9.47 Å². The van der Waals surface area contributed by atoms with Crippen LogP contribution in [-0.2, 0) is 28.7 Å². The van der Waals surface area contributed by atoms with Crippen LogP contribution in [0.25, 0.3) is 0 Å². The van der Waals surface area contributed by atoms with Gasteiger partial charge in [-0.2, -0.15) is 13.2 Å². The molecular weight excluding hydrogens is 477 g/mol. The Labute approximate surface area is 208 Å². The van der Waals surface area contributed by atoms with E-state index in [-0.39, 0.29) is 25.0 Å². The molecule has 0 aromatic heterocycles. The number of carboxylic acid groups (broad SMARTS) is 1. The highest BCUT2D eigenvalue weighted by molar-refractivity contribution is 5.77.